The lowest BCUT2D eigenvalue weighted by molar-refractivity contribution is -1.02. The molecule has 0 unspecified atom stereocenters. The summed E-state index contributed by atoms with van der Waals surface area (Å²) in [5.41, 5.74) is 2.29. The standard InChI is InChI=1S/C21H24ClN3O3/c22-18-3-1-2-16(10-18)12-23-21(26)14-25-8-6-24(7-9-25)13-17-4-5-19-20(11-17)28-15-27-19/h1-5,10-11H,6-9,12-15H2,(H,23,26)/p+2. The summed E-state index contributed by atoms with van der Waals surface area (Å²) in [6.45, 7) is 6.47. The number of ether oxygens (including phenoxy) is 2. The Morgan fingerprint density at radius 2 is 1.75 bits per heavy atom. The van der Waals surface area contributed by atoms with Crippen LogP contribution in [-0.4, -0.2) is 45.4 Å². The third-order valence-electron chi connectivity index (χ3n) is 5.34. The Bertz CT molecular complexity index is 837. The first-order valence-corrected chi connectivity index (χ1v) is 10.1. The molecule has 3 N–H and O–H groups in total. The molecule has 1 saturated heterocycles. The van der Waals surface area contributed by atoms with Crippen molar-refractivity contribution >= 4 is 17.5 Å². The number of hydrogen-bond donors (Lipinski definition) is 3. The summed E-state index contributed by atoms with van der Waals surface area (Å²) >= 11 is 5.98. The number of amides is 1. The molecular weight excluding hydrogens is 378 g/mol. The van der Waals surface area contributed by atoms with E-state index in [2.05, 4.69) is 17.4 Å². The molecule has 2 aromatic carbocycles. The SMILES string of the molecule is O=C(C[NH+]1CC[NH+](Cc2ccc3c(c2)OCO3)CC1)NCc1cccc(Cl)c1. The molecule has 2 aromatic rings. The number of benzene rings is 2. The molecule has 0 aliphatic carbocycles. The molecule has 0 spiro atoms. The molecule has 1 amide bonds. The highest BCUT2D eigenvalue weighted by molar-refractivity contribution is 6.30. The van der Waals surface area contributed by atoms with E-state index >= 15 is 0 Å². The first kappa shape index (κ1) is 19.1. The van der Waals surface area contributed by atoms with Gasteiger partial charge in [0.2, 0.25) is 6.79 Å². The van der Waals surface area contributed by atoms with Crippen molar-refractivity contribution in [2.24, 2.45) is 0 Å². The van der Waals surface area contributed by atoms with Crippen LogP contribution in [0.25, 0.3) is 0 Å². The van der Waals surface area contributed by atoms with E-state index in [1.54, 1.807) is 4.90 Å². The van der Waals surface area contributed by atoms with Crippen molar-refractivity contribution in [1.82, 2.24) is 5.32 Å². The van der Waals surface area contributed by atoms with Crippen molar-refractivity contribution in [3.8, 4) is 11.5 Å². The van der Waals surface area contributed by atoms with E-state index in [0.29, 0.717) is 24.9 Å². The molecular formula is C21H26ClN3O3+2. The Morgan fingerprint density at radius 3 is 2.57 bits per heavy atom. The van der Waals surface area contributed by atoms with E-state index < -0.39 is 0 Å². The number of carbonyl (C=O) groups is 1. The maximum atomic E-state index is 12.3. The van der Waals surface area contributed by atoms with E-state index in [1.807, 2.05) is 30.3 Å². The van der Waals surface area contributed by atoms with Crippen LogP contribution in [0.3, 0.4) is 0 Å². The highest BCUT2D eigenvalue weighted by atomic mass is 35.5. The summed E-state index contributed by atoms with van der Waals surface area (Å²) in [6, 6.07) is 13.8. The second-order valence-corrected chi connectivity index (χ2v) is 7.88. The molecule has 0 radical (unpaired) electrons. The normalized spacial score (nSPS) is 20.8. The monoisotopic (exact) mass is 403 g/mol. The molecule has 6 nitrogen and oxygen atoms in total. The van der Waals surface area contributed by atoms with E-state index in [4.69, 9.17) is 21.1 Å². The van der Waals surface area contributed by atoms with Gasteiger partial charge in [-0.1, -0.05) is 23.7 Å². The molecule has 1 fully saturated rings. The summed E-state index contributed by atoms with van der Waals surface area (Å²) < 4.78 is 10.8. The van der Waals surface area contributed by atoms with Gasteiger partial charge in [0.15, 0.2) is 18.0 Å². The number of piperazine rings is 1. The number of fused-ring (bicyclic) bond motifs is 1. The maximum Gasteiger partial charge on any atom is 0.275 e. The van der Waals surface area contributed by atoms with Gasteiger partial charge in [0, 0.05) is 17.1 Å². The Morgan fingerprint density at radius 1 is 0.964 bits per heavy atom. The fourth-order valence-corrected chi connectivity index (χ4v) is 4.00. The largest absolute Gasteiger partial charge is 0.454 e. The minimum Gasteiger partial charge on any atom is -0.454 e. The smallest absolute Gasteiger partial charge is 0.275 e. The fraction of sp³-hybridized carbons (Fsp3) is 0.381. The zero-order valence-electron chi connectivity index (χ0n) is 15.8. The minimum absolute atomic E-state index is 0.0918. The molecule has 7 heteroatoms. The number of halogens is 1. The Labute approximate surface area is 170 Å². The molecule has 2 aliphatic rings. The molecule has 0 aromatic heterocycles. The van der Waals surface area contributed by atoms with Gasteiger partial charge in [-0.3, -0.25) is 4.79 Å². The summed E-state index contributed by atoms with van der Waals surface area (Å²) in [5.74, 6) is 1.77. The fourth-order valence-electron chi connectivity index (χ4n) is 3.79. The van der Waals surface area contributed by atoms with Crippen LogP contribution in [0.15, 0.2) is 42.5 Å². The van der Waals surface area contributed by atoms with Gasteiger partial charge in [0.1, 0.15) is 32.7 Å². The highest BCUT2D eigenvalue weighted by Gasteiger charge is 2.25. The molecule has 0 bridgehead atoms. The highest BCUT2D eigenvalue weighted by Crippen LogP contribution is 2.32. The van der Waals surface area contributed by atoms with Gasteiger partial charge in [-0.15, -0.1) is 0 Å². The molecule has 0 saturated carbocycles. The summed E-state index contributed by atoms with van der Waals surface area (Å²) in [6.07, 6.45) is 0. The molecule has 4 rings (SSSR count). The third kappa shape index (κ3) is 4.95. The second kappa shape index (κ2) is 8.82. The third-order valence-corrected chi connectivity index (χ3v) is 5.58. The van der Waals surface area contributed by atoms with Crippen molar-refractivity contribution < 1.29 is 24.1 Å². The lowest BCUT2D eigenvalue weighted by atomic mass is 10.1. The molecule has 0 atom stereocenters. The first-order chi connectivity index (χ1) is 13.7. The van der Waals surface area contributed by atoms with Crippen LogP contribution in [0, 0.1) is 0 Å². The molecule has 28 heavy (non-hydrogen) atoms. The number of quaternary nitrogens is 2. The average molecular weight is 404 g/mol. The molecule has 148 valence electrons. The van der Waals surface area contributed by atoms with Gasteiger partial charge >= 0.3 is 0 Å². The topological polar surface area (TPSA) is 56.4 Å². The van der Waals surface area contributed by atoms with E-state index in [9.17, 15) is 4.79 Å². The quantitative estimate of drug-likeness (QED) is 0.619. The number of rotatable bonds is 6. The van der Waals surface area contributed by atoms with Crippen LogP contribution < -0.4 is 24.6 Å². The van der Waals surface area contributed by atoms with Crippen LogP contribution in [0.5, 0.6) is 11.5 Å². The zero-order valence-corrected chi connectivity index (χ0v) is 16.6. The first-order valence-electron chi connectivity index (χ1n) is 9.72. The van der Waals surface area contributed by atoms with Crippen LogP contribution in [-0.2, 0) is 17.9 Å². The van der Waals surface area contributed by atoms with Crippen LogP contribution in [0.4, 0.5) is 0 Å². The van der Waals surface area contributed by atoms with Gasteiger partial charge in [0.25, 0.3) is 5.91 Å². The van der Waals surface area contributed by atoms with Crippen molar-refractivity contribution in [1.29, 1.82) is 0 Å². The Hall–Kier alpha value is -2.28. The van der Waals surface area contributed by atoms with Crippen LogP contribution in [0.1, 0.15) is 11.1 Å². The number of carbonyl (C=O) groups excluding carboxylic acids is 1. The summed E-state index contributed by atoms with van der Waals surface area (Å²) in [4.78, 5) is 15.1. The maximum absolute atomic E-state index is 12.3. The van der Waals surface area contributed by atoms with Crippen LogP contribution in [0.2, 0.25) is 5.02 Å². The number of hydrogen-bond acceptors (Lipinski definition) is 3. The predicted octanol–water partition coefficient (Wildman–Crippen LogP) is -0.331. The Balaban J connectivity index is 1.19. The van der Waals surface area contributed by atoms with E-state index in [1.165, 1.54) is 10.5 Å². The van der Waals surface area contributed by atoms with Crippen molar-refractivity contribution in [3.05, 3.63) is 58.6 Å². The zero-order chi connectivity index (χ0) is 19.3. The number of nitrogens with one attached hydrogen (secondary N) is 3. The molecule has 2 heterocycles. The van der Waals surface area contributed by atoms with Gasteiger partial charge in [-0.05, 0) is 35.9 Å². The van der Waals surface area contributed by atoms with Crippen LogP contribution >= 0.6 is 11.6 Å². The Kier molecular flexibility index (Phi) is 6.00. The average Bonchev–Trinajstić information content (AvgIpc) is 3.16. The second-order valence-electron chi connectivity index (χ2n) is 7.45. The summed E-state index contributed by atoms with van der Waals surface area (Å²) in [5, 5.41) is 3.69. The van der Waals surface area contributed by atoms with Gasteiger partial charge < -0.3 is 24.6 Å². The summed E-state index contributed by atoms with van der Waals surface area (Å²) in [7, 11) is 0. The van der Waals surface area contributed by atoms with Gasteiger partial charge in [0.05, 0.1) is 0 Å². The molecule has 2 aliphatic heterocycles. The van der Waals surface area contributed by atoms with Crippen molar-refractivity contribution in [3.63, 3.8) is 0 Å². The van der Waals surface area contributed by atoms with E-state index in [-0.39, 0.29) is 5.91 Å². The lowest BCUT2D eigenvalue weighted by Gasteiger charge is -2.29. The lowest BCUT2D eigenvalue weighted by Crippen LogP contribution is -3.28. The van der Waals surface area contributed by atoms with Crippen molar-refractivity contribution in [2.45, 2.75) is 13.1 Å². The van der Waals surface area contributed by atoms with E-state index in [0.717, 1.165) is 49.8 Å². The minimum atomic E-state index is 0.0918. The predicted molar refractivity (Wildman–Crippen MR) is 106 cm³/mol. The van der Waals surface area contributed by atoms with Crippen molar-refractivity contribution in [2.75, 3.05) is 39.5 Å². The van der Waals surface area contributed by atoms with Gasteiger partial charge in [-0.25, -0.2) is 0 Å². The van der Waals surface area contributed by atoms with Gasteiger partial charge in [-0.2, -0.15) is 0 Å².